The predicted molar refractivity (Wildman–Crippen MR) is 89.0 cm³/mol. The zero-order valence-corrected chi connectivity index (χ0v) is 14.8. The smallest absolute Gasteiger partial charge is 0.242 e. The van der Waals surface area contributed by atoms with Crippen molar-refractivity contribution in [1.29, 1.82) is 0 Å². The second-order valence-corrected chi connectivity index (χ2v) is 6.89. The molecule has 2 aliphatic rings. The summed E-state index contributed by atoms with van der Waals surface area (Å²) in [6.45, 7) is 7.89. The van der Waals surface area contributed by atoms with Crippen molar-refractivity contribution in [2.75, 3.05) is 19.7 Å². The van der Waals surface area contributed by atoms with Crippen molar-refractivity contribution in [3.8, 4) is 0 Å². The molecule has 1 saturated carbocycles. The molecular weight excluding hydrogens is 304 g/mol. The van der Waals surface area contributed by atoms with E-state index in [-0.39, 0.29) is 35.9 Å². The molecule has 3 N–H and O–H groups in total. The first-order valence-electron chi connectivity index (χ1n) is 8.25. The highest BCUT2D eigenvalue weighted by Gasteiger charge is 2.56. The molecule has 0 aromatic carbocycles. The number of likely N-dealkylation sites (tertiary alicyclic amines) is 1. The molecule has 0 aromatic heterocycles. The van der Waals surface area contributed by atoms with Crippen molar-refractivity contribution in [2.45, 2.75) is 70.6 Å². The summed E-state index contributed by atoms with van der Waals surface area (Å²) < 4.78 is 5.75. The molecular formula is C16H31ClN2O3. The number of carbonyl (C=O) groups excluding carboxylic acids is 1. The Morgan fingerprint density at radius 1 is 1.41 bits per heavy atom. The van der Waals surface area contributed by atoms with Crippen LogP contribution in [-0.2, 0) is 9.53 Å². The summed E-state index contributed by atoms with van der Waals surface area (Å²) in [4.78, 5) is 14.4. The lowest BCUT2D eigenvalue weighted by Gasteiger charge is -2.57. The van der Waals surface area contributed by atoms with Gasteiger partial charge in [0.2, 0.25) is 5.91 Å². The molecule has 1 saturated heterocycles. The summed E-state index contributed by atoms with van der Waals surface area (Å²) in [7, 11) is 0. The average Bonchev–Trinajstić information content (AvgIpc) is 2.46. The van der Waals surface area contributed by atoms with Crippen LogP contribution in [0.5, 0.6) is 0 Å². The fraction of sp³-hybridized carbons (Fsp3) is 0.938. The monoisotopic (exact) mass is 334 g/mol. The van der Waals surface area contributed by atoms with Crippen LogP contribution in [0.1, 0.15) is 52.9 Å². The first kappa shape index (κ1) is 19.7. The maximum absolute atomic E-state index is 12.5. The van der Waals surface area contributed by atoms with E-state index in [1.165, 1.54) is 0 Å². The zero-order chi connectivity index (χ0) is 15.7. The predicted octanol–water partition coefficient (Wildman–Crippen LogP) is 1.70. The molecule has 0 aromatic rings. The molecule has 1 aliphatic carbocycles. The maximum atomic E-state index is 12.5. The third-order valence-electron chi connectivity index (χ3n) is 5.35. The van der Waals surface area contributed by atoms with Gasteiger partial charge in [-0.25, -0.2) is 0 Å². The van der Waals surface area contributed by atoms with Crippen molar-refractivity contribution in [1.82, 2.24) is 4.90 Å². The van der Waals surface area contributed by atoms with Crippen LogP contribution < -0.4 is 5.73 Å². The highest BCUT2D eigenvalue weighted by Crippen LogP contribution is 2.51. The number of aliphatic hydroxyl groups is 1. The van der Waals surface area contributed by atoms with Gasteiger partial charge in [0, 0.05) is 31.5 Å². The highest BCUT2D eigenvalue weighted by atomic mass is 35.5. The van der Waals surface area contributed by atoms with E-state index in [4.69, 9.17) is 10.5 Å². The third kappa shape index (κ3) is 3.42. The van der Waals surface area contributed by atoms with E-state index in [0.717, 1.165) is 25.7 Å². The Hall–Kier alpha value is -0.360. The fourth-order valence-electron chi connectivity index (χ4n) is 3.93. The summed E-state index contributed by atoms with van der Waals surface area (Å²) in [5.74, 6) is 0.0426. The van der Waals surface area contributed by atoms with Crippen molar-refractivity contribution in [2.24, 2.45) is 11.1 Å². The summed E-state index contributed by atoms with van der Waals surface area (Å²) in [5.41, 5.74) is 5.25. The number of nitrogens with zero attached hydrogens (tertiary/aromatic N) is 1. The van der Waals surface area contributed by atoms with E-state index in [0.29, 0.717) is 26.1 Å². The van der Waals surface area contributed by atoms with Crippen LogP contribution in [0.25, 0.3) is 0 Å². The van der Waals surface area contributed by atoms with Gasteiger partial charge in [0.15, 0.2) is 0 Å². The van der Waals surface area contributed by atoms with E-state index in [1.54, 1.807) is 0 Å². The van der Waals surface area contributed by atoms with Gasteiger partial charge in [0.1, 0.15) is 0 Å². The highest BCUT2D eigenvalue weighted by molar-refractivity contribution is 5.86. The molecule has 1 aliphatic heterocycles. The minimum absolute atomic E-state index is 0. The summed E-state index contributed by atoms with van der Waals surface area (Å²) in [6.07, 6.45) is 3.83. The van der Waals surface area contributed by atoms with Crippen LogP contribution in [0.15, 0.2) is 0 Å². The number of amides is 1. The molecule has 0 bridgehead atoms. The first-order valence-corrected chi connectivity index (χ1v) is 8.25. The molecule has 130 valence electrons. The summed E-state index contributed by atoms with van der Waals surface area (Å²) in [5, 5.41) is 10.2. The third-order valence-corrected chi connectivity index (χ3v) is 5.35. The number of piperidine rings is 1. The lowest BCUT2D eigenvalue weighted by Crippen LogP contribution is -2.64. The number of carbonyl (C=O) groups is 1. The van der Waals surface area contributed by atoms with Crippen molar-refractivity contribution >= 4 is 18.3 Å². The lowest BCUT2D eigenvalue weighted by molar-refractivity contribution is -0.210. The number of rotatable bonds is 5. The SMILES string of the molecule is CCCC(C)(N)C(=O)N1CCC2(CC1)C(O)CC2OCC.Cl. The molecule has 2 rings (SSSR count). The van der Waals surface area contributed by atoms with Crippen LogP contribution in [0.2, 0.25) is 0 Å². The number of halogens is 1. The molecule has 1 spiro atoms. The molecule has 3 unspecified atom stereocenters. The Bertz CT molecular complexity index is 380. The summed E-state index contributed by atoms with van der Waals surface area (Å²) in [6, 6.07) is 0. The second kappa shape index (κ2) is 7.47. The number of hydrogen-bond donors (Lipinski definition) is 2. The van der Waals surface area contributed by atoms with Crippen LogP contribution in [-0.4, -0.2) is 53.4 Å². The van der Waals surface area contributed by atoms with Crippen LogP contribution in [0.4, 0.5) is 0 Å². The van der Waals surface area contributed by atoms with Gasteiger partial charge in [-0.05, 0) is 33.1 Å². The topological polar surface area (TPSA) is 75.8 Å². The van der Waals surface area contributed by atoms with Gasteiger partial charge in [-0.2, -0.15) is 0 Å². The van der Waals surface area contributed by atoms with E-state index in [1.807, 2.05) is 25.7 Å². The van der Waals surface area contributed by atoms with Gasteiger partial charge < -0.3 is 20.5 Å². The molecule has 5 nitrogen and oxygen atoms in total. The Morgan fingerprint density at radius 2 is 2.00 bits per heavy atom. The van der Waals surface area contributed by atoms with Gasteiger partial charge in [-0.1, -0.05) is 13.3 Å². The average molecular weight is 335 g/mol. The minimum atomic E-state index is -0.767. The normalized spacial score (nSPS) is 29.4. The number of hydrogen-bond acceptors (Lipinski definition) is 4. The Kier molecular flexibility index (Phi) is 6.69. The minimum Gasteiger partial charge on any atom is -0.392 e. The molecule has 0 radical (unpaired) electrons. The van der Waals surface area contributed by atoms with E-state index >= 15 is 0 Å². The Labute approximate surface area is 140 Å². The lowest BCUT2D eigenvalue weighted by atomic mass is 9.58. The standard InChI is InChI=1S/C16H30N2O3.ClH/c1-4-6-15(3,17)14(20)18-9-7-16(8-10-18)12(19)11-13(16)21-5-2;/h12-13,19H,4-11,17H2,1-3H3;1H. The summed E-state index contributed by atoms with van der Waals surface area (Å²) >= 11 is 0. The Morgan fingerprint density at radius 3 is 2.45 bits per heavy atom. The Balaban J connectivity index is 0.00000242. The number of nitrogens with two attached hydrogens (primary N) is 1. The quantitative estimate of drug-likeness (QED) is 0.802. The largest absolute Gasteiger partial charge is 0.392 e. The van der Waals surface area contributed by atoms with E-state index in [9.17, 15) is 9.90 Å². The van der Waals surface area contributed by atoms with Crippen molar-refractivity contribution in [3.05, 3.63) is 0 Å². The second-order valence-electron chi connectivity index (χ2n) is 6.89. The van der Waals surface area contributed by atoms with Crippen molar-refractivity contribution < 1.29 is 14.6 Å². The molecule has 2 fully saturated rings. The molecule has 1 amide bonds. The van der Waals surface area contributed by atoms with E-state index in [2.05, 4.69) is 0 Å². The number of aliphatic hydroxyl groups excluding tert-OH is 1. The number of ether oxygens (including phenoxy) is 1. The molecule has 6 heteroatoms. The van der Waals surface area contributed by atoms with Crippen molar-refractivity contribution in [3.63, 3.8) is 0 Å². The van der Waals surface area contributed by atoms with Gasteiger partial charge in [0.25, 0.3) is 0 Å². The van der Waals surface area contributed by atoms with Gasteiger partial charge in [0.05, 0.1) is 17.7 Å². The van der Waals surface area contributed by atoms with Crippen LogP contribution in [0.3, 0.4) is 0 Å². The van der Waals surface area contributed by atoms with Crippen LogP contribution in [0, 0.1) is 5.41 Å². The molecule has 1 heterocycles. The van der Waals surface area contributed by atoms with Crippen LogP contribution >= 0.6 is 12.4 Å². The zero-order valence-electron chi connectivity index (χ0n) is 14.0. The fourth-order valence-corrected chi connectivity index (χ4v) is 3.93. The molecule has 3 atom stereocenters. The van der Waals surface area contributed by atoms with Gasteiger partial charge in [-0.15, -0.1) is 12.4 Å². The van der Waals surface area contributed by atoms with Gasteiger partial charge >= 0.3 is 0 Å². The maximum Gasteiger partial charge on any atom is 0.242 e. The first-order chi connectivity index (χ1) is 9.87. The van der Waals surface area contributed by atoms with E-state index < -0.39 is 5.54 Å². The van der Waals surface area contributed by atoms with Gasteiger partial charge in [-0.3, -0.25) is 4.79 Å². The molecule has 22 heavy (non-hydrogen) atoms.